The van der Waals surface area contributed by atoms with Gasteiger partial charge >= 0.3 is 0 Å². The zero-order valence-corrected chi connectivity index (χ0v) is 38.2. The number of rotatable bonds is 7. The molecule has 14 aromatic rings. The van der Waals surface area contributed by atoms with E-state index < -0.39 is 0 Å². The second kappa shape index (κ2) is 16.2. The van der Waals surface area contributed by atoms with Gasteiger partial charge in [0.1, 0.15) is 11.2 Å². The third-order valence-electron chi connectivity index (χ3n) is 14.4. The van der Waals surface area contributed by atoms with E-state index in [2.05, 4.69) is 266 Å². The van der Waals surface area contributed by atoms with E-state index in [1.165, 1.54) is 76.1 Å². The van der Waals surface area contributed by atoms with Crippen LogP contribution in [0.2, 0.25) is 0 Å². The topological polar surface area (TPSA) is 16.4 Å². The summed E-state index contributed by atoms with van der Waals surface area (Å²) in [7, 11) is 0. The maximum absolute atomic E-state index is 7.03. The number of benzene rings is 13. The Kier molecular flexibility index (Phi) is 9.25. The van der Waals surface area contributed by atoms with Crippen LogP contribution in [0, 0.1) is 0 Å². The van der Waals surface area contributed by atoms with Crippen molar-refractivity contribution in [3.8, 4) is 44.5 Å². The van der Waals surface area contributed by atoms with Crippen molar-refractivity contribution in [3.63, 3.8) is 0 Å². The third kappa shape index (κ3) is 6.49. The summed E-state index contributed by atoms with van der Waals surface area (Å²) in [6.45, 7) is 0. The van der Waals surface area contributed by atoms with Gasteiger partial charge in [0, 0.05) is 22.3 Å². The van der Waals surface area contributed by atoms with Gasteiger partial charge in [0.2, 0.25) is 0 Å². The van der Waals surface area contributed by atoms with Gasteiger partial charge in [-0.05, 0) is 153 Å². The Labute approximate surface area is 405 Å². The first-order valence-corrected chi connectivity index (χ1v) is 24.1. The van der Waals surface area contributed by atoms with Gasteiger partial charge in [0.15, 0.2) is 0 Å². The smallest absolute Gasteiger partial charge is 0.145 e. The van der Waals surface area contributed by atoms with Crippen LogP contribution < -0.4 is 4.90 Å². The molecular weight excluding hydrogens is 847 g/mol. The lowest BCUT2D eigenvalue weighted by Crippen LogP contribution is -2.10. The van der Waals surface area contributed by atoms with Gasteiger partial charge in [0.05, 0.1) is 11.1 Å². The van der Waals surface area contributed by atoms with Crippen LogP contribution in [0.15, 0.2) is 265 Å². The molecule has 0 spiro atoms. The molecule has 0 bridgehead atoms. The van der Waals surface area contributed by atoms with E-state index in [0.29, 0.717) is 0 Å². The summed E-state index contributed by atoms with van der Waals surface area (Å²) in [5.74, 6) is 0. The predicted octanol–water partition coefficient (Wildman–Crippen LogP) is 19.5. The summed E-state index contributed by atoms with van der Waals surface area (Å²) in [5.41, 5.74) is 14.2. The SMILES string of the molecule is c1ccc(-c2cccc(-c3ccc(N(c4ccc(-c5ccc6c7ccccc7c7ccccc7c6c5)cc4)c4ccc(-c5cc6ccccc6c6ccccc56)c5oc6ccccc6c45)cc3)c2)cc1. The zero-order chi connectivity index (χ0) is 46.1. The Morgan fingerprint density at radius 2 is 0.714 bits per heavy atom. The maximum atomic E-state index is 7.03. The Hall–Kier alpha value is -9.24. The van der Waals surface area contributed by atoms with Crippen LogP contribution in [0.25, 0.3) is 120 Å². The Morgan fingerprint density at radius 1 is 0.257 bits per heavy atom. The number of furan rings is 1. The molecule has 13 aromatic carbocycles. The van der Waals surface area contributed by atoms with Crippen LogP contribution in [-0.2, 0) is 0 Å². The molecule has 0 radical (unpaired) electrons. The van der Waals surface area contributed by atoms with E-state index in [4.69, 9.17) is 4.42 Å². The van der Waals surface area contributed by atoms with Gasteiger partial charge < -0.3 is 9.32 Å². The molecule has 0 N–H and O–H groups in total. The first-order chi connectivity index (χ1) is 34.7. The number of fused-ring (bicyclic) bond motifs is 12. The molecule has 70 heavy (non-hydrogen) atoms. The summed E-state index contributed by atoms with van der Waals surface area (Å²) < 4.78 is 7.03. The molecule has 14 rings (SSSR count). The quantitative estimate of drug-likeness (QED) is 0.148. The first kappa shape index (κ1) is 39.9. The minimum Gasteiger partial charge on any atom is -0.455 e. The fourth-order valence-corrected chi connectivity index (χ4v) is 11.1. The van der Waals surface area contributed by atoms with Crippen LogP contribution in [-0.4, -0.2) is 0 Å². The average Bonchev–Trinajstić information content (AvgIpc) is 3.84. The lowest BCUT2D eigenvalue weighted by molar-refractivity contribution is 0.670. The molecule has 326 valence electrons. The van der Waals surface area contributed by atoms with Crippen molar-refractivity contribution in [1.82, 2.24) is 0 Å². The molecular formula is C68H43NO. The van der Waals surface area contributed by atoms with E-state index in [-0.39, 0.29) is 0 Å². The molecule has 1 heterocycles. The van der Waals surface area contributed by atoms with E-state index in [1.54, 1.807) is 0 Å². The summed E-state index contributed by atoms with van der Waals surface area (Å²) in [5, 5.41) is 14.7. The highest BCUT2D eigenvalue weighted by Gasteiger charge is 2.24. The highest BCUT2D eigenvalue weighted by atomic mass is 16.3. The normalized spacial score (nSPS) is 11.7. The van der Waals surface area contributed by atoms with Gasteiger partial charge in [-0.1, -0.05) is 200 Å². The van der Waals surface area contributed by atoms with Gasteiger partial charge in [-0.2, -0.15) is 0 Å². The van der Waals surface area contributed by atoms with E-state index in [0.717, 1.165) is 61.3 Å². The van der Waals surface area contributed by atoms with Crippen molar-refractivity contribution < 1.29 is 4.42 Å². The number of nitrogens with zero attached hydrogens (tertiary/aromatic N) is 1. The van der Waals surface area contributed by atoms with Crippen LogP contribution in [0.3, 0.4) is 0 Å². The van der Waals surface area contributed by atoms with Crippen molar-refractivity contribution in [2.24, 2.45) is 0 Å². The zero-order valence-electron chi connectivity index (χ0n) is 38.2. The standard InChI is InChI=1S/C68H43NO/c1-2-15-44(16-3-1)47-18-14-19-48(41-47)45-29-34-51(35-30-45)69(52-36-31-46(32-37-52)49-33-38-60-57-24-8-7-22-55(57)56-23-9-11-26-59(56)63(60)42-49)65-40-39-61(68-67(65)62-27-12-13-28-66(62)70-68)64-43-50-17-4-5-20-53(50)54-21-6-10-25-58(54)64/h1-43H. The largest absolute Gasteiger partial charge is 0.455 e. The second-order valence-electron chi connectivity index (χ2n) is 18.4. The summed E-state index contributed by atoms with van der Waals surface area (Å²) >= 11 is 0. The molecule has 2 heteroatoms. The van der Waals surface area contributed by atoms with Crippen LogP contribution in [0.4, 0.5) is 17.1 Å². The minimum absolute atomic E-state index is 0.858. The van der Waals surface area contributed by atoms with Crippen LogP contribution >= 0.6 is 0 Å². The monoisotopic (exact) mass is 889 g/mol. The lowest BCUT2D eigenvalue weighted by atomic mass is 9.91. The first-order valence-electron chi connectivity index (χ1n) is 24.1. The number of para-hydroxylation sites is 1. The van der Waals surface area contributed by atoms with Gasteiger partial charge in [-0.3, -0.25) is 0 Å². The highest BCUT2D eigenvalue weighted by molar-refractivity contribution is 6.26. The molecule has 0 saturated heterocycles. The summed E-state index contributed by atoms with van der Waals surface area (Å²) in [6, 6.07) is 94.9. The summed E-state index contributed by atoms with van der Waals surface area (Å²) in [6.07, 6.45) is 0. The average molecular weight is 890 g/mol. The molecule has 0 unspecified atom stereocenters. The molecule has 0 saturated carbocycles. The molecule has 2 nitrogen and oxygen atoms in total. The minimum atomic E-state index is 0.858. The molecule has 0 atom stereocenters. The lowest BCUT2D eigenvalue weighted by Gasteiger charge is -2.27. The van der Waals surface area contributed by atoms with E-state index in [9.17, 15) is 0 Å². The highest BCUT2D eigenvalue weighted by Crippen LogP contribution is 2.48. The molecule has 0 amide bonds. The van der Waals surface area contributed by atoms with Crippen LogP contribution in [0.5, 0.6) is 0 Å². The van der Waals surface area contributed by atoms with Crippen molar-refractivity contribution in [2.75, 3.05) is 4.90 Å². The third-order valence-corrected chi connectivity index (χ3v) is 14.4. The number of anilines is 3. The summed E-state index contributed by atoms with van der Waals surface area (Å²) in [4.78, 5) is 2.40. The van der Waals surface area contributed by atoms with E-state index in [1.807, 2.05) is 0 Å². The maximum Gasteiger partial charge on any atom is 0.145 e. The van der Waals surface area contributed by atoms with Crippen molar-refractivity contribution in [1.29, 1.82) is 0 Å². The second-order valence-corrected chi connectivity index (χ2v) is 18.4. The Balaban J connectivity index is 0.949. The Bertz CT molecular complexity index is 4300. The Morgan fingerprint density at radius 3 is 1.36 bits per heavy atom. The molecule has 0 aliphatic heterocycles. The molecule has 1 aromatic heterocycles. The van der Waals surface area contributed by atoms with E-state index >= 15 is 0 Å². The molecule has 0 aliphatic carbocycles. The predicted molar refractivity (Wildman–Crippen MR) is 298 cm³/mol. The van der Waals surface area contributed by atoms with Gasteiger partial charge in [-0.25, -0.2) is 0 Å². The molecule has 0 aliphatic rings. The van der Waals surface area contributed by atoms with Gasteiger partial charge in [0.25, 0.3) is 0 Å². The van der Waals surface area contributed by atoms with Crippen molar-refractivity contribution in [2.45, 2.75) is 0 Å². The number of hydrogen-bond acceptors (Lipinski definition) is 2. The van der Waals surface area contributed by atoms with Crippen molar-refractivity contribution >= 4 is 92.9 Å². The van der Waals surface area contributed by atoms with Crippen molar-refractivity contribution in [3.05, 3.63) is 261 Å². The van der Waals surface area contributed by atoms with Crippen LogP contribution in [0.1, 0.15) is 0 Å². The fraction of sp³-hybridized carbons (Fsp3) is 0. The number of hydrogen-bond donors (Lipinski definition) is 0. The fourth-order valence-electron chi connectivity index (χ4n) is 11.1. The molecule has 0 fully saturated rings. The van der Waals surface area contributed by atoms with Gasteiger partial charge in [-0.15, -0.1) is 0 Å².